The summed E-state index contributed by atoms with van der Waals surface area (Å²) in [6.45, 7) is 4.33. The molecule has 0 aliphatic carbocycles. The second-order valence-electron chi connectivity index (χ2n) is 3.55. The number of nitrogens with zero attached hydrogens (tertiary/aromatic N) is 3. The van der Waals surface area contributed by atoms with Crippen molar-refractivity contribution in [3.8, 4) is 0 Å². The number of anilines is 2. The summed E-state index contributed by atoms with van der Waals surface area (Å²) in [7, 11) is 0. The van der Waals surface area contributed by atoms with E-state index in [2.05, 4.69) is 25.8 Å². The number of aromatic nitrogens is 3. The zero-order valence-corrected chi connectivity index (χ0v) is 10.1. The molecule has 0 radical (unpaired) electrons. The van der Waals surface area contributed by atoms with Crippen LogP contribution in [0.15, 0.2) is 23.0 Å². The summed E-state index contributed by atoms with van der Waals surface area (Å²) in [6.07, 6.45) is 3.10. The number of amides is 1. The summed E-state index contributed by atoms with van der Waals surface area (Å²) in [5, 5.41) is 9.19. The quantitative estimate of drug-likeness (QED) is 0.849. The fraction of sp³-hybridized carbons (Fsp3) is 0.273. The first-order chi connectivity index (χ1) is 8.70. The maximum Gasteiger partial charge on any atom is 0.328 e. The van der Waals surface area contributed by atoms with Crippen LogP contribution >= 0.6 is 0 Å². The molecule has 0 aliphatic heterocycles. The van der Waals surface area contributed by atoms with Crippen LogP contribution in [0, 0.1) is 6.92 Å². The van der Waals surface area contributed by atoms with E-state index in [1.54, 1.807) is 19.2 Å². The molecule has 0 unspecified atom stereocenters. The maximum absolute atomic E-state index is 12.0. The van der Waals surface area contributed by atoms with Gasteiger partial charge in [-0.15, -0.1) is 0 Å². The molecule has 2 aromatic heterocycles. The van der Waals surface area contributed by atoms with Gasteiger partial charge in [0.05, 0.1) is 11.3 Å². The minimum atomic E-state index is -0.345. The molecule has 0 aromatic carbocycles. The molecule has 0 bridgehead atoms. The lowest BCUT2D eigenvalue weighted by Gasteiger charge is -2.08. The van der Waals surface area contributed by atoms with E-state index in [-0.39, 0.29) is 11.9 Å². The van der Waals surface area contributed by atoms with E-state index >= 15 is 0 Å². The van der Waals surface area contributed by atoms with Crippen LogP contribution in [0.4, 0.5) is 11.7 Å². The number of carbonyl (C=O) groups excluding carboxylic acids is 1. The molecular formula is C11H13N5O2. The first-order valence-corrected chi connectivity index (χ1v) is 5.50. The SMILES string of the molecule is CCNc1ccncc1C(=O)Nc1nc(C)no1. The third-order valence-corrected chi connectivity index (χ3v) is 2.18. The van der Waals surface area contributed by atoms with Crippen molar-refractivity contribution in [1.82, 2.24) is 15.1 Å². The molecule has 18 heavy (non-hydrogen) atoms. The van der Waals surface area contributed by atoms with Crippen LogP contribution in [0.3, 0.4) is 0 Å². The average molecular weight is 247 g/mol. The van der Waals surface area contributed by atoms with Crippen LogP contribution in [0.2, 0.25) is 0 Å². The number of pyridine rings is 1. The lowest BCUT2D eigenvalue weighted by atomic mass is 10.2. The molecule has 7 heteroatoms. The zero-order chi connectivity index (χ0) is 13.0. The number of rotatable bonds is 4. The Hall–Kier alpha value is -2.44. The van der Waals surface area contributed by atoms with Crippen molar-refractivity contribution < 1.29 is 9.32 Å². The first-order valence-electron chi connectivity index (χ1n) is 5.50. The summed E-state index contributed by atoms with van der Waals surface area (Å²) in [5.41, 5.74) is 1.14. The van der Waals surface area contributed by atoms with Crippen LogP contribution in [0.1, 0.15) is 23.1 Å². The molecule has 7 nitrogen and oxygen atoms in total. The van der Waals surface area contributed by atoms with Crippen LogP contribution in [0.25, 0.3) is 0 Å². The Morgan fingerprint density at radius 1 is 1.50 bits per heavy atom. The highest BCUT2D eigenvalue weighted by molar-refractivity contribution is 6.06. The van der Waals surface area contributed by atoms with Crippen LogP contribution in [-0.4, -0.2) is 27.6 Å². The smallest absolute Gasteiger partial charge is 0.328 e. The van der Waals surface area contributed by atoms with Crippen molar-refractivity contribution in [2.75, 3.05) is 17.2 Å². The van der Waals surface area contributed by atoms with Gasteiger partial charge < -0.3 is 9.84 Å². The Morgan fingerprint density at radius 2 is 2.33 bits per heavy atom. The van der Waals surface area contributed by atoms with Gasteiger partial charge in [0.25, 0.3) is 5.91 Å². The first kappa shape index (κ1) is 12.0. The molecule has 2 heterocycles. The predicted molar refractivity (Wildman–Crippen MR) is 65.4 cm³/mol. The second-order valence-corrected chi connectivity index (χ2v) is 3.55. The summed E-state index contributed by atoms with van der Waals surface area (Å²) >= 11 is 0. The van der Waals surface area contributed by atoms with Gasteiger partial charge >= 0.3 is 6.01 Å². The topological polar surface area (TPSA) is 92.9 Å². The number of hydrogen-bond donors (Lipinski definition) is 2. The molecular weight excluding hydrogens is 234 g/mol. The Labute approximate surface area is 104 Å². The van der Waals surface area contributed by atoms with Crippen LogP contribution < -0.4 is 10.6 Å². The van der Waals surface area contributed by atoms with Gasteiger partial charge in [-0.05, 0) is 19.9 Å². The number of aryl methyl sites for hydroxylation is 1. The Bertz CT molecular complexity index is 552. The van der Waals surface area contributed by atoms with Gasteiger partial charge in [-0.25, -0.2) is 0 Å². The minimum Gasteiger partial charge on any atom is -0.385 e. The highest BCUT2D eigenvalue weighted by atomic mass is 16.5. The summed E-state index contributed by atoms with van der Waals surface area (Å²) in [6, 6.07) is 1.81. The van der Waals surface area contributed by atoms with E-state index in [4.69, 9.17) is 4.52 Å². The van der Waals surface area contributed by atoms with Crippen molar-refractivity contribution in [2.45, 2.75) is 13.8 Å². The van der Waals surface area contributed by atoms with E-state index in [1.165, 1.54) is 6.20 Å². The third-order valence-electron chi connectivity index (χ3n) is 2.18. The molecule has 0 spiro atoms. The third kappa shape index (κ3) is 2.62. The minimum absolute atomic E-state index is 0.0730. The molecule has 1 amide bonds. The highest BCUT2D eigenvalue weighted by Crippen LogP contribution is 2.15. The monoisotopic (exact) mass is 247 g/mol. The summed E-state index contributed by atoms with van der Waals surface area (Å²) in [5.74, 6) is 0.117. The lowest BCUT2D eigenvalue weighted by Crippen LogP contribution is -2.15. The second kappa shape index (κ2) is 5.26. The van der Waals surface area contributed by atoms with Crippen molar-refractivity contribution >= 4 is 17.6 Å². The molecule has 0 fully saturated rings. The molecule has 0 aliphatic rings. The normalized spacial score (nSPS) is 10.1. The van der Waals surface area contributed by atoms with Gasteiger partial charge in [-0.2, -0.15) is 4.98 Å². The van der Waals surface area contributed by atoms with Gasteiger partial charge in [0, 0.05) is 18.9 Å². The molecule has 2 aromatic rings. The molecule has 0 saturated heterocycles. The molecule has 94 valence electrons. The van der Waals surface area contributed by atoms with E-state index in [9.17, 15) is 4.79 Å². The fourth-order valence-electron chi connectivity index (χ4n) is 1.43. The summed E-state index contributed by atoms with van der Waals surface area (Å²) in [4.78, 5) is 19.8. The van der Waals surface area contributed by atoms with Gasteiger partial charge in [0.2, 0.25) is 0 Å². The average Bonchev–Trinajstić information content (AvgIpc) is 2.76. The fourth-order valence-corrected chi connectivity index (χ4v) is 1.43. The molecule has 2 N–H and O–H groups in total. The number of carbonyl (C=O) groups is 1. The van der Waals surface area contributed by atoms with Crippen molar-refractivity contribution in [1.29, 1.82) is 0 Å². The standard InChI is InChI=1S/C11H13N5O2/c1-3-13-9-4-5-12-6-8(9)10(17)15-11-14-7(2)16-18-11/h4-6H,3H2,1-2H3,(H,12,13)(H,14,15,16,17). The van der Waals surface area contributed by atoms with E-state index in [0.29, 0.717) is 23.6 Å². The lowest BCUT2D eigenvalue weighted by molar-refractivity contribution is 0.102. The van der Waals surface area contributed by atoms with E-state index in [0.717, 1.165) is 0 Å². The highest BCUT2D eigenvalue weighted by Gasteiger charge is 2.14. The van der Waals surface area contributed by atoms with E-state index in [1.807, 2.05) is 6.92 Å². The maximum atomic E-state index is 12.0. The molecule has 0 atom stereocenters. The van der Waals surface area contributed by atoms with Crippen LogP contribution in [-0.2, 0) is 0 Å². The number of nitrogens with one attached hydrogen (secondary N) is 2. The predicted octanol–water partition coefficient (Wildman–Crippen LogP) is 1.46. The van der Waals surface area contributed by atoms with Crippen molar-refractivity contribution in [3.05, 3.63) is 29.8 Å². The Kier molecular flexibility index (Phi) is 3.52. The van der Waals surface area contributed by atoms with Gasteiger partial charge in [0.1, 0.15) is 0 Å². The largest absolute Gasteiger partial charge is 0.385 e. The van der Waals surface area contributed by atoms with E-state index < -0.39 is 0 Å². The van der Waals surface area contributed by atoms with Crippen molar-refractivity contribution in [2.24, 2.45) is 0 Å². The molecule has 2 rings (SSSR count). The zero-order valence-electron chi connectivity index (χ0n) is 10.1. The number of hydrogen-bond acceptors (Lipinski definition) is 6. The Balaban J connectivity index is 2.18. The van der Waals surface area contributed by atoms with Crippen molar-refractivity contribution in [3.63, 3.8) is 0 Å². The Morgan fingerprint density at radius 3 is 3.00 bits per heavy atom. The van der Waals surface area contributed by atoms with Crippen LogP contribution in [0.5, 0.6) is 0 Å². The molecule has 0 saturated carbocycles. The van der Waals surface area contributed by atoms with Gasteiger partial charge in [0.15, 0.2) is 5.82 Å². The van der Waals surface area contributed by atoms with Gasteiger partial charge in [-0.1, -0.05) is 5.16 Å². The van der Waals surface area contributed by atoms with Gasteiger partial charge in [-0.3, -0.25) is 15.1 Å². The summed E-state index contributed by atoms with van der Waals surface area (Å²) < 4.78 is 4.82.